The first-order valence-corrected chi connectivity index (χ1v) is 9.72. The predicted molar refractivity (Wildman–Crippen MR) is 115 cm³/mol. The van der Waals surface area contributed by atoms with Crippen LogP contribution in [0.15, 0.2) is 36.4 Å². The highest BCUT2D eigenvalue weighted by Gasteiger charge is 2.28. The van der Waals surface area contributed by atoms with Crippen LogP contribution in [0.25, 0.3) is 10.8 Å². The molecule has 3 rings (SSSR count). The Bertz CT molecular complexity index is 1120. The van der Waals surface area contributed by atoms with Crippen molar-refractivity contribution in [3.05, 3.63) is 58.9 Å². The molecule has 0 saturated heterocycles. The molecule has 0 unspecified atom stereocenters. The van der Waals surface area contributed by atoms with Crippen LogP contribution < -0.4 is 18.9 Å². The van der Waals surface area contributed by atoms with E-state index in [1.807, 2.05) is 13.8 Å². The van der Waals surface area contributed by atoms with Gasteiger partial charge in [0.25, 0.3) is 0 Å². The van der Waals surface area contributed by atoms with Gasteiger partial charge in [-0.2, -0.15) is 0 Å². The van der Waals surface area contributed by atoms with E-state index in [9.17, 15) is 14.3 Å². The molecule has 7 heteroatoms. The quantitative estimate of drug-likeness (QED) is 0.532. The maximum absolute atomic E-state index is 14.7. The summed E-state index contributed by atoms with van der Waals surface area (Å²) in [6, 6.07) is 9.22. The summed E-state index contributed by atoms with van der Waals surface area (Å²) >= 11 is 0. The van der Waals surface area contributed by atoms with Crippen molar-refractivity contribution in [2.45, 2.75) is 26.6 Å². The maximum atomic E-state index is 14.7. The number of hydrogen-bond acceptors (Lipinski definition) is 6. The molecule has 6 nitrogen and oxygen atoms in total. The normalized spacial score (nSPS) is 11.0. The number of carbonyl (C=O) groups is 1. The average molecular weight is 428 g/mol. The minimum absolute atomic E-state index is 0.0515. The predicted octanol–water partition coefficient (Wildman–Crippen LogP) is 4.52. The number of carbonyl (C=O) groups excluding carboxylic acids is 1. The van der Waals surface area contributed by atoms with E-state index in [1.54, 1.807) is 18.2 Å². The van der Waals surface area contributed by atoms with Crippen LogP contribution in [0.3, 0.4) is 0 Å². The van der Waals surface area contributed by atoms with Gasteiger partial charge in [0.15, 0.2) is 0 Å². The van der Waals surface area contributed by atoms with Crippen LogP contribution in [-0.4, -0.2) is 38.3 Å². The number of ether oxygens (including phenoxy) is 4. The van der Waals surface area contributed by atoms with Crippen LogP contribution in [0.5, 0.6) is 23.0 Å². The zero-order chi connectivity index (χ0) is 22.7. The highest BCUT2D eigenvalue weighted by atomic mass is 19.1. The largest absolute Gasteiger partial charge is 0.497 e. The SMILES string of the molecule is COc1cc(OC)c2c(OC(C)C)c(C(=O)c3c(F)cccc3OC)c(CO)cc2c1. The summed E-state index contributed by atoms with van der Waals surface area (Å²) in [5.41, 5.74) is 0.101. The fraction of sp³-hybridized carbons (Fsp3) is 0.292. The maximum Gasteiger partial charge on any atom is 0.203 e. The highest BCUT2D eigenvalue weighted by molar-refractivity contribution is 6.17. The van der Waals surface area contributed by atoms with Crippen molar-refractivity contribution in [3.8, 4) is 23.0 Å². The number of aliphatic hydroxyl groups excluding tert-OH is 1. The van der Waals surface area contributed by atoms with Crippen molar-refractivity contribution in [3.63, 3.8) is 0 Å². The summed E-state index contributed by atoms with van der Waals surface area (Å²) in [7, 11) is 4.38. The van der Waals surface area contributed by atoms with Crippen molar-refractivity contribution in [2.24, 2.45) is 0 Å². The van der Waals surface area contributed by atoms with Gasteiger partial charge in [-0.25, -0.2) is 4.39 Å². The number of fused-ring (bicyclic) bond motifs is 1. The van der Waals surface area contributed by atoms with Gasteiger partial charge in [-0.15, -0.1) is 0 Å². The second-order valence-corrected chi connectivity index (χ2v) is 7.14. The van der Waals surface area contributed by atoms with Crippen molar-refractivity contribution in [1.82, 2.24) is 0 Å². The van der Waals surface area contributed by atoms with Crippen molar-refractivity contribution < 1.29 is 33.2 Å². The Kier molecular flexibility index (Phi) is 6.65. The minimum Gasteiger partial charge on any atom is -0.497 e. The third-order valence-electron chi connectivity index (χ3n) is 4.84. The Morgan fingerprint density at radius 1 is 1.00 bits per heavy atom. The van der Waals surface area contributed by atoms with Gasteiger partial charge < -0.3 is 24.1 Å². The molecule has 0 aliphatic heterocycles. The third kappa shape index (κ3) is 4.14. The van der Waals surface area contributed by atoms with E-state index >= 15 is 0 Å². The first-order valence-electron chi connectivity index (χ1n) is 9.72. The van der Waals surface area contributed by atoms with Gasteiger partial charge in [-0.05, 0) is 49.1 Å². The molecule has 164 valence electrons. The van der Waals surface area contributed by atoms with Gasteiger partial charge in [0.1, 0.15) is 34.4 Å². The molecule has 0 heterocycles. The van der Waals surface area contributed by atoms with E-state index < -0.39 is 18.2 Å². The van der Waals surface area contributed by atoms with Crippen LogP contribution in [0.1, 0.15) is 35.3 Å². The van der Waals surface area contributed by atoms with Crippen LogP contribution in [0.4, 0.5) is 4.39 Å². The van der Waals surface area contributed by atoms with Crippen molar-refractivity contribution >= 4 is 16.6 Å². The number of rotatable bonds is 8. The molecule has 0 atom stereocenters. The summed E-state index contributed by atoms with van der Waals surface area (Å²) in [6.07, 6.45) is -0.307. The summed E-state index contributed by atoms with van der Waals surface area (Å²) in [4.78, 5) is 13.6. The topological polar surface area (TPSA) is 74.2 Å². The number of ketones is 1. The standard InChI is InChI=1S/C24H25FO6/c1-13(2)31-24-20-14(10-16(28-3)11-19(20)30-5)9-15(12-26)21(24)23(27)22-17(25)7-6-8-18(22)29-4/h6-11,13,26H,12H2,1-5H3. The fourth-order valence-electron chi connectivity index (χ4n) is 3.52. The van der Waals surface area contributed by atoms with Gasteiger partial charge in [-0.1, -0.05) is 6.07 Å². The number of methoxy groups -OCH3 is 3. The summed E-state index contributed by atoms with van der Waals surface area (Å²) in [5.74, 6) is -0.139. The Morgan fingerprint density at radius 3 is 2.29 bits per heavy atom. The first-order chi connectivity index (χ1) is 14.9. The van der Waals surface area contributed by atoms with E-state index in [0.29, 0.717) is 22.3 Å². The molecule has 0 bridgehead atoms. The number of hydrogen-bond donors (Lipinski definition) is 1. The van der Waals surface area contributed by atoms with E-state index in [4.69, 9.17) is 18.9 Å². The summed E-state index contributed by atoms with van der Waals surface area (Å²) in [6.45, 7) is 3.17. The van der Waals surface area contributed by atoms with E-state index in [-0.39, 0.29) is 34.3 Å². The third-order valence-corrected chi connectivity index (χ3v) is 4.84. The van der Waals surface area contributed by atoms with Gasteiger partial charge in [0, 0.05) is 6.07 Å². The highest BCUT2D eigenvalue weighted by Crippen LogP contribution is 2.43. The lowest BCUT2D eigenvalue weighted by Gasteiger charge is -2.21. The van der Waals surface area contributed by atoms with Crippen LogP contribution in [0, 0.1) is 5.82 Å². The van der Waals surface area contributed by atoms with E-state index in [0.717, 1.165) is 0 Å². The van der Waals surface area contributed by atoms with Crippen molar-refractivity contribution in [1.29, 1.82) is 0 Å². The molecule has 0 saturated carbocycles. The molecule has 0 aliphatic carbocycles. The number of halogens is 1. The smallest absolute Gasteiger partial charge is 0.203 e. The fourth-order valence-corrected chi connectivity index (χ4v) is 3.52. The van der Waals surface area contributed by atoms with Gasteiger partial charge in [0.2, 0.25) is 5.78 Å². The van der Waals surface area contributed by atoms with Gasteiger partial charge >= 0.3 is 0 Å². The van der Waals surface area contributed by atoms with Gasteiger partial charge in [0.05, 0.1) is 45.0 Å². The molecule has 0 aliphatic rings. The monoisotopic (exact) mass is 428 g/mol. The Balaban J connectivity index is 2.44. The van der Waals surface area contributed by atoms with Crippen LogP contribution in [-0.2, 0) is 6.61 Å². The lowest BCUT2D eigenvalue weighted by atomic mass is 9.92. The van der Waals surface area contributed by atoms with Crippen LogP contribution in [0.2, 0.25) is 0 Å². The van der Waals surface area contributed by atoms with Crippen molar-refractivity contribution in [2.75, 3.05) is 21.3 Å². The lowest BCUT2D eigenvalue weighted by Crippen LogP contribution is -2.15. The number of benzene rings is 3. The Labute approximate surface area is 180 Å². The first kappa shape index (κ1) is 22.4. The lowest BCUT2D eigenvalue weighted by molar-refractivity contribution is 0.102. The minimum atomic E-state index is -0.731. The van der Waals surface area contributed by atoms with Crippen LogP contribution >= 0.6 is 0 Å². The molecule has 0 spiro atoms. The molecule has 0 aromatic heterocycles. The average Bonchev–Trinajstić information content (AvgIpc) is 2.76. The summed E-state index contributed by atoms with van der Waals surface area (Å²) < 4.78 is 36.9. The second-order valence-electron chi connectivity index (χ2n) is 7.14. The van der Waals surface area contributed by atoms with E-state index in [2.05, 4.69) is 0 Å². The van der Waals surface area contributed by atoms with E-state index in [1.165, 1.54) is 39.5 Å². The molecule has 3 aromatic carbocycles. The zero-order valence-corrected chi connectivity index (χ0v) is 18.1. The molecule has 3 aromatic rings. The Hall–Kier alpha value is -3.32. The molecule has 31 heavy (non-hydrogen) atoms. The molecule has 0 fully saturated rings. The van der Waals surface area contributed by atoms with Gasteiger partial charge in [-0.3, -0.25) is 4.79 Å². The molecule has 1 N–H and O–H groups in total. The number of aliphatic hydroxyl groups is 1. The molecular weight excluding hydrogens is 403 g/mol. The summed E-state index contributed by atoms with van der Waals surface area (Å²) in [5, 5.41) is 11.3. The molecule has 0 amide bonds. The zero-order valence-electron chi connectivity index (χ0n) is 18.1. The molecular formula is C24H25FO6. The second kappa shape index (κ2) is 9.22. The Morgan fingerprint density at radius 2 is 1.71 bits per heavy atom. The molecule has 0 radical (unpaired) electrons.